The molecule has 1 amide bonds. The van der Waals surface area contributed by atoms with Crippen molar-refractivity contribution < 1.29 is 62.3 Å². The van der Waals surface area contributed by atoms with Crippen molar-refractivity contribution in [3.8, 4) is 23.0 Å². The van der Waals surface area contributed by atoms with Crippen LogP contribution in [0.25, 0.3) is 0 Å². The van der Waals surface area contributed by atoms with Gasteiger partial charge in [0.25, 0.3) is 5.91 Å². The first kappa shape index (κ1) is 33.9. The molecule has 0 saturated heterocycles. The molecular weight excluding hydrogens is 618 g/mol. The summed E-state index contributed by atoms with van der Waals surface area (Å²) in [7, 11) is 2.48. The zero-order valence-corrected chi connectivity index (χ0v) is 24.9. The lowest BCUT2D eigenvalue weighted by atomic mass is 10.1. The molecule has 0 aromatic heterocycles. The maximum absolute atomic E-state index is 13.4. The number of carboxylic acids is 1. The van der Waals surface area contributed by atoms with E-state index in [4.69, 9.17) is 40.0 Å². The second kappa shape index (κ2) is 15.2. The van der Waals surface area contributed by atoms with Crippen LogP contribution >= 0.6 is 11.6 Å². The van der Waals surface area contributed by atoms with Crippen LogP contribution in [0.15, 0.2) is 60.7 Å². The fraction of sp³-hybridized carbons (Fsp3) is 0.200. The van der Waals surface area contributed by atoms with Gasteiger partial charge in [0.2, 0.25) is 12.2 Å². The van der Waals surface area contributed by atoms with Crippen molar-refractivity contribution in [1.29, 1.82) is 0 Å². The summed E-state index contributed by atoms with van der Waals surface area (Å²) in [5, 5.41) is 12.6. The van der Waals surface area contributed by atoms with Crippen molar-refractivity contribution in [1.82, 2.24) is 0 Å². The highest BCUT2D eigenvalue weighted by Gasteiger charge is 2.41. The average Bonchev–Trinajstić information content (AvgIpc) is 2.98. The van der Waals surface area contributed by atoms with Gasteiger partial charge < -0.3 is 38.8 Å². The Kier molecular flexibility index (Phi) is 11.4. The first-order valence-corrected chi connectivity index (χ1v) is 13.1. The number of carboxylic acid groups (broad SMARTS) is 1. The van der Waals surface area contributed by atoms with E-state index in [-0.39, 0.29) is 44.8 Å². The maximum atomic E-state index is 13.4. The van der Waals surface area contributed by atoms with Crippen LogP contribution in [0.4, 0.5) is 5.69 Å². The summed E-state index contributed by atoms with van der Waals surface area (Å²) in [6.07, 6.45) is -4.62. The SMILES string of the molecule is COc1cc(C(=O)O[C@H](C(=O)Nc2cccc(Cl)c2)[C@@H](OC(=O)c2ccc(OC(C)=O)c(OC)c2)C(=O)O)ccc1OC(C)=O. The number of hydrogen-bond donors (Lipinski definition) is 2. The Morgan fingerprint density at radius 1 is 0.689 bits per heavy atom. The standard InChI is InChI=1S/C30H26ClNO13/c1-15(33)42-21-10-8-17(12-23(21)40-3)29(38)44-25(27(35)32-20-7-5-6-19(31)14-20)26(28(36)37)45-30(39)18-9-11-22(43-16(2)34)24(13-18)41-4/h5-14,25-26H,1-4H3,(H,32,35)(H,36,37)/t25-,26+/m0/s1. The summed E-state index contributed by atoms with van der Waals surface area (Å²) in [4.78, 5) is 74.7. The Morgan fingerprint density at radius 2 is 1.18 bits per heavy atom. The van der Waals surface area contributed by atoms with E-state index in [1.165, 1.54) is 56.7 Å². The Morgan fingerprint density at radius 3 is 1.60 bits per heavy atom. The molecule has 3 aromatic carbocycles. The molecule has 14 nitrogen and oxygen atoms in total. The van der Waals surface area contributed by atoms with Gasteiger partial charge in [-0.15, -0.1) is 0 Å². The van der Waals surface area contributed by atoms with Crippen LogP contribution in [-0.4, -0.2) is 67.3 Å². The third-order valence-corrected chi connectivity index (χ3v) is 5.88. The van der Waals surface area contributed by atoms with E-state index in [9.17, 15) is 33.9 Å². The molecule has 2 atom stereocenters. The molecule has 0 aliphatic heterocycles. The van der Waals surface area contributed by atoms with Crippen LogP contribution in [0, 0.1) is 0 Å². The summed E-state index contributed by atoms with van der Waals surface area (Å²) >= 11 is 5.98. The fourth-order valence-corrected chi connectivity index (χ4v) is 3.90. The molecule has 2 N–H and O–H groups in total. The molecule has 0 saturated carbocycles. The first-order chi connectivity index (χ1) is 21.3. The van der Waals surface area contributed by atoms with Crippen LogP contribution in [0.3, 0.4) is 0 Å². The number of ether oxygens (including phenoxy) is 6. The number of methoxy groups -OCH3 is 2. The van der Waals surface area contributed by atoms with Gasteiger partial charge in [-0.2, -0.15) is 0 Å². The monoisotopic (exact) mass is 643 g/mol. The van der Waals surface area contributed by atoms with Gasteiger partial charge in [-0.1, -0.05) is 17.7 Å². The molecular formula is C30H26ClNO13. The maximum Gasteiger partial charge on any atom is 0.349 e. The largest absolute Gasteiger partial charge is 0.493 e. The van der Waals surface area contributed by atoms with E-state index in [0.717, 1.165) is 32.0 Å². The highest BCUT2D eigenvalue weighted by Crippen LogP contribution is 2.30. The number of amides is 1. The van der Waals surface area contributed by atoms with Gasteiger partial charge >= 0.3 is 29.8 Å². The number of benzene rings is 3. The van der Waals surface area contributed by atoms with E-state index in [2.05, 4.69) is 5.32 Å². The minimum Gasteiger partial charge on any atom is -0.493 e. The lowest BCUT2D eigenvalue weighted by Crippen LogP contribution is -2.48. The van der Waals surface area contributed by atoms with Crippen molar-refractivity contribution in [2.45, 2.75) is 26.1 Å². The van der Waals surface area contributed by atoms with Gasteiger partial charge in [0.15, 0.2) is 23.0 Å². The minimum absolute atomic E-state index is 0.0238. The third-order valence-electron chi connectivity index (χ3n) is 5.64. The normalized spacial score (nSPS) is 11.7. The third kappa shape index (κ3) is 9.18. The van der Waals surface area contributed by atoms with Crippen molar-refractivity contribution in [2.75, 3.05) is 19.5 Å². The quantitative estimate of drug-likeness (QED) is 0.215. The fourth-order valence-electron chi connectivity index (χ4n) is 3.71. The van der Waals surface area contributed by atoms with Crippen LogP contribution in [0.5, 0.6) is 23.0 Å². The van der Waals surface area contributed by atoms with E-state index in [0.29, 0.717) is 0 Å². The predicted molar refractivity (Wildman–Crippen MR) is 155 cm³/mol. The number of esters is 4. The van der Waals surface area contributed by atoms with Gasteiger partial charge in [-0.05, 0) is 54.6 Å². The molecule has 0 spiro atoms. The van der Waals surface area contributed by atoms with E-state index < -0.39 is 48.0 Å². The lowest BCUT2D eigenvalue weighted by molar-refractivity contribution is -0.157. The predicted octanol–water partition coefficient (Wildman–Crippen LogP) is 3.68. The number of rotatable bonds is 12. The Hall–Kier alpha value is -5.63. The van der Waals surface area contributed by atoms with Crippen molar-refractivity contribution in [3.05, 3.63) is 76.8 Å². The zero-order chi connectivity index (χ0) is 33.3. The van der Waals surface area contributed by atoms with Crippen molar-refractivity contribution >= 4 is 53.0 Å². The van der Waals surface area contributed by atoms with Crippen LogP contribution in [0.2, 0.25) is 5.02 Å². The van der Waals surface area contributed by atoms with Gasteiger partial charge in [-0.25, -0.2) is 14.4 Å². The Balaban J connectivity index is 1.97. The van der Waals surface area contributed by atoms with Crippen LogP contribution in [0.1, 0.15) is 34.6 Å². The number of aliphatic carboxylic acids is 1. The number of hydrogen-bond acceptors (Lipinski definition) is 12. The number of carbonyl (C=O) groups excluding carboxylic acids is 5. The van der Waals surface area contributed by atoms with Gasteiger partial charge in [0.1, 0.15) is 0 Å². The van der Waals surface area contributed by atoms with Crippen LogP contribution < -0.4 is 24.3 Å². The number of halogens is 1. The molecule has 0 bridgehead atoms. The number of anilines is 1. The molecule has 15 heteroatoms. The average molecular weight is 644 g/mol. The van der Waals surface area contributed by atoms with E-state index in [1.54, 1.807) is 0 Å². The lowest BCUT2D eigenvalue weighted by Gasteiger charge is -2.24. The topological polar surface area (TPSA) is 190 Å². The van der Waals surface area contributed by atoms with Gasteiger partial charge in [-0.3, -0.25) is 14.4 Å². The Labute approximate surface area is 260 Å². The van der Waals surface area contributed by atoms with E-state index in [1.807, 2.05) is 0 Å². The molecule has 0 heterocycles. The molecule has 236 valence electrons. The summed E-state index contributed by atoms with van der Waals surface area (Å²) in [6, 6.07) is 12.8. The summed E-state index contributed by atoms with van der Waals surface area (Å²) in [5.41, 5.74) is -0.369. The molecule has 0 aliphatic carbocycles. The second-order valence-corrected chi connectivity index (χ2v) is 9.34. The number of nitrogens with one attached hydrogen (secondary N) is 1. The molecule has 0 unspecified atom stereocenters. The highest BCUT2D eigenvalue weighted by molar-refractivity contribution is 6.30. The Bertz CT molecular complexity index is 1640. The molecule has 3 rings (SSSR count). The molecule has 0 fully saturated rings. The van der Waals surface area contributed by atoms with Crippen LogP contribution in [-0.2, 0) is 28.7 Å². The molecule has 0 radical (unpaired) electrons. The van der Waals surface area contributed by atoms with Crippen molar-refractivity contribution in [3.63, 3.8) is 0 Å². The summed E-state index contributed by atoms with van der Waals surface area (Å²) in [6.45, 7) is 2.31. The summed E-state index contributed by atoms with van der Waals surface area (Å²) < 4.78 is 30.7. The molecule has 0 aliphatic rings. The number of carbonyl (C=O) groups is 6. The van der Waals surface area contributed by atoms with Gasteiger partial charge in [0.05, 0.1) is 25.3 Å². The van der Waals surface area contributed by atoms with Gasteiger partial charge in [0, 0.05) is 24.6 Å². The van der Waals surface area contributed by atoms with Crippen molar-refractivity contribution in [2.24, 2.45) is 0 Å². The zero-order valence-electron chi connectivity index (χ0n) is 24.2. The minimum atomic E-state index is -2.37. The first-order valence-electron chi connectivity index (χ1n) is 12.8. The molecule has 3 aromatic rings. The second-order valence-electron chi connectivity index (χ2n) is 8.91. The summed E-state index contributed by atoms with van der Waals surface area (Å²) in [5.74, 6) is -6.97. The van der Waals surface area contributed by atoms with E-state index >= 15 is 0 Å². The smallest absolute Gasteiger partial charge is 0.349 e. The molecule has 45 heavy (non-hydrogen) atoms. The highest BCUT2D eigenvalue weighted by atomic mass is 35.5.